The van der Waals surface area contributed by atoms with E-state index in [9.17, 15) is 0 Å². The lowest BCUT2D eigenvalue weighted by Gasteiger charge is -2.18. The zero-order valence-electron chi connectivity index (χ0n) is 77.0. The molecule has 0 bridgehead atoms. The van der Waals surface area contributed by atoms with Crippen LogP contribution in [-0.2, 0) is 0 Å². The van der Waals surface area contributed by atoms with E-state index in [1.165, 1.54) is 158 Å². The minimum absolute atomic E-state index is 0.940. The number of hydrogen-bond acceptors (Lipinski definition) is 3. The van der Waals surface area contributed by atoms with Crippen LogP contribution < -0.4 is 0 Å². The van der Waals surface area contributed by atoms with Crippen LogP contribution in [0, 0.1) is 0 Å². The number of hydrogen-bond donors (Lipinski definition) is 0. The van der Waals surface area contributed by atoms with Crippen LogP contribution in [0.25, 0.3) is 259 Å². The summed E-state index contributed by atoms with van der Waals surface area (Å²) in [5, 5.41) is 22.6. The third kappa shape index (κ3) is 14.9. The Balaban J connectivity index is 0.000000109. The first kappa shape index (κ1) is 82.9. The molecule has 3 heterocycles. The second-order valence-electron chi connectivity index (χ2n) is 36.3. The summed E-state index contributed by atoms with van der Waals surface area (Å²) in [6, 6.07) is 192. The molecule has 6 nitrogen and oxygen atoms in total. The Morgan fingerprint density at radius 3 is 0.667 bits per heavy atom. The van der Waals surface area contributed by atoms with Crippen LogP contribution in [0.4, 0.5) is 0 Å². The third-order valence-corrected chi connectivity index (χ3v) is 28.1. The van der Waals surface area contributed by atoms with Crippen LogP contribution in [0.5, 0.6) is 0 Å². The van der Waals surface area contributed by atoms with Crippen LogP contribution >= 0.6 is 0 Å². The molecule has 0 amide bonds. The van der Waals surface area contributed by atoms with Gasteiger partial charge in [-0.3, -0.25) is 13.7 Å². The number of rotatable bonds is 13. The maximum Gasteiger partial charge on any atom is 0.145 e. The summed E-state index contributed by atoms with van der Waals surface area (Å²) < 4.78 is 6.80. The fraction of sp³-hybridized carbons (Fsp3) is 0. The summed E-state index contributed by atoms with van der Waals surface area (Å²) >= 11 is 0. The lowest BCUT2D eigenvalue weighted by molar-refractivity contribution is 1.10. The number of nitrogens with zero attached hydrogens (tertiary/aromatic N) is 6. The highest BCUT2D eigenvalue weighted by molar-refractivity contribution is 6.25. The largest absolute Gasteiger partial charge is 0.292 e. The molecule has 0 saturated carbocycles. The number of para-hydroxylation sites is 4. The summed E-state index contributed by atoms with van der Waals surface area (Å²) in [5.41, 5.74) is 30.0. The molecular weight excluding hydrogens is 1710 g/mol. The van der Waals surface area contributed by atoms with Gasteiger partial charge in [-0.2, -0.15) is 0 Å². The number of imidazole rings is 3. The maximum absolute atomic E-state index is 5.26. The van der Waals surface area contributed by atoms with Crippen molar-refractivity contribution in [1.82, 2.24) is 28.7 Å². The van der Waals surface area contributed by atoms with Crippen molar-refractivity contribution in [1.29, 1.82) is 0 Å². The molecule has 0 unspecified atom stereocenters. The Kier molecular flexibility index (Phi) is 20.9. The van der Waals surface area contributed by atoms with Crippen LogP contribution in [0.3, 0.4) is 0 Å². The number of aromatic nitrogens is 6. The predicted molar refractivity (Wildman–Crippen MR) is 595 cm³/mol. The van der Waals surface area contributed by atoms with Crippen molar-refractivity contribution in [3.8, 4) is 129 Å². The number of fused-ring (bicyclic) bond motifs is 12. The third-order valence-electron chi connectivity index (χ3n) is 28.1. The molecule has 6 heteroatoms. The molecule has 0 radical (unpaired) electrons. The van der Waals surface area contributed by atoms with E-state index in [0.717, 1.165) is 101 Å². The van der Waals surface area contributed by atoms with Gasteiger partial charge in [-0.05, 0) is 266 Å². The van der Waals surface area contributed by atoms with Crippen LogP contribution in [0.1, 0.15) is 0 Å². The van der Waals surface area contributed by atoms with E-state index in [1.807, 2.05) is 12.1 Å². The zero-order chi connectivity index (χ0) is 93.2. The van der Waals surface area contributed by atoms with Crippen molar-refractivity contribution in [2.45, 2.75) is 0 Å². The van der Waals surface area contributed by atoms with Gasteiger partial charge in [-0.15, -0.1) is 0 Å². The highest BCUT2D eigenvalue weighted by atomic mass is 15.1. The van der Waals surface area contributed by atoms with Crippen molar-refractivity contribution >= 4 is 130 Å². The quantitative estimate of drug-likeness (QED) is 0.108. The van der Waals surface area contributed by atoms with Gasteiger partial charge in [0, 0.05) is 33.8 Å². The molecule has 0 saturated heterocycles. The second-order valence-corrected chi connectivity index (χ2v) is 36.3. The van der Waals surface area contributed by atoms with Gasteiger partial charge < -0.3 is 0 Å². The Labute approximate surface area is 815 Å². The topological polar surface area (TPSA) is 53.5 Å². The molecule has 0 N–H and O–H groups in total. The highest BCUT2D eigenvalue weighted by Crippen LogP contribution is 2.50. The summed E-state index contributed by atoms with van der Waals surface area (Å²) in [7, 11) is 0. The number of benzene rings is 25. The molecule has 25 aromatic carbocycles. The average molecular weight is 1790 g/mol. The molecule has 0 aliphatic carbocycles. The molecule has 3 aromatic heterocycles. The Morgan fingerprint density at radius 2 is 0.333 bits per heavy atom. The van der Waals surface area contributed by atoms with Gasteiger partial charge in [-0.1, -0.05) is 443 Å². The molecule has 0 aliphatic rings. The second kappa shape index (κ2) is 35.5. The van der Waals surface area contributed by atoms with Gasteiger partial charge in [0.1, 0.15) is 17.5 Å². The lowest BCUT2D eigenvalue weighted by atomic mass is 9.85. The van der Waals surface area contributed by atoms with Gasteiger partial charge in [0.25, 0.3) is 0 Å². The van der Waals surface area contributed by atoms with E-state index >= 15 is 0 Å². The summed E-state index contributed by atoms with van der Waals surface area (Å²) in [6.45, 7) is 0. The minimum Gasteiger partial charge on any atom is -0.292 e. The van der Waals surface area contributed by atoms with Crippen LogP contribution in [-0.4, -0.2) is 28.7 Å². The minimum atomic E-state index is 0.940. The van der Waals surface area contributed by atoms with Gasteiger partial charge in [0.05, 0.1) is 33.1 Å². The summed E-state index contributed by atoms with van der Waals surface area (Å²) in [5.74, 6) is 2.82. The van der Waals surface area contributed by atoms with Gasteiger partial charge in [-0.25, -0.2) is 15.0 Å². The van der Waals surface area contributed by atoms with Crippen LogP contribution in [0.2, 0.25) is 0 Å². The van der Waals surface area contributed by atoms with E-state index in [1.54, 1.807) is 0 Å². The summed E-state index contributed by atoms with van der Waals surface area (Å²) in [4.78, 5) is 15.5. The Bertz CT molecular complexity index is 9540. The molecule has 0 aliphatic heterocycles. The molecular formula is C135H88N6. The molecule has 0 atom stereocenters. The summed E-state index contributed by atoms with van der Waals surface area (Å²) in [6.07, 6.45) is 0. The Hall–Kier alpha value is -18.8. The van der Waals surface area contributed by atoms with E-state index in [0.29, 0.717) is 0 Å². The van der Waals surface area contributed by atoms with Crippen molar-refractivity contribution in [2.75, 3.05) is 0 Å². The van der Waals surface area contributed by atoms with E-state index in [4.69, 9.17) is 15.0 Å². The standard InChI is InChI=1S/C49H32N2.2C43H28N2/c1-3-14-36(15-4-1)49-50-45-32-38(29-30-46(45)51(49)40-17-5-2-6-18-40)34-23-26-35(27-24-34)47-41-19-9-11-21-43(41)48(44-22-12-10-20-42(44)47)39-28-25-33-13-7-8-16-37(33)31-39;1-3-14-30(15-4-1)43-44-39-28-33(25-26-40(39)45(43)34-17-5-2-6-18-34)42-37-21-11-9-19-35(37)41(36-20-10-12-22-38(36)42)32-24-23-29-13-7-8-16-31(29)27-32;1-2-13-31(14-3-1)43-44-39-20-10-11-21-40(39)45(43)34-26-24-30(25-27-34)41-35-16-6-8-18-37(35)42(38-19-9-7-17-36(38)41)33-23-22-29-12-4-5-15-32(29)28-33/h1-32H;2*1-28H. The smallest absolute Gasteiger partial charge is 0.145 e. The first-order valence-electron chi connectivity index (χ1n) is 48.3. The van der Waals surface area contributed by atoms with Crippen molar-refractivity contribution < 1.29 is 0 Å². The monoisotopic (exact) mass is 1790 g/mol. The van der Waals surface area contributed by atoms with Gasteiger partial charge >= 0.3 is 0 Å². The first-order valence-corrected chi connectivity index (χ1v) is 48.3. The van der Waals surface area contributed by atoms with Crippen LogP contribution in [0.15, 0.2) is 534 Å². The fourth-order valence-corrected chi connectivity index (χ4v) is 21.7. The maximum atomic E-state index is 5.26. The normalized spacial score (nSPS) is 11.5. The zero-order valence-corrected chi connectivity index (χ0v) is 77.0. The van der Waals surface area contributed by atoms with E-state index in [-0.39, 0.29) is 0 Å². The molecule has 28 rings (SSSR count). The SMILES string of the molecule is c1ccc(-c2nc3cc(-c4c5ccccc5c(-c5ccc6ccccc6c5)c5ccccc45)ccc3n2-c2ccccc2)cc1.c1ccc(-c2nc3cc(-c4ccc(-c5c6ccccc6c(-c6ccc7ccccc7c6)c6ccccc56)cc4)ccc3n2-c2ccccc2)cc1.c1ccc(-c2nc3ccccc3n2-c2ccc(-c3c4ccccc4c(-c4ccc5ccccc5c4)c4ccccc34)cc2)cc1. The van der Waals surface area contributed by atoms with E-state index in [2.05, 4.69) is 535 Å². The fourth-order valence-electron chi connectivity index (χ4n) is 21.7. The Morgan fingerprint density at radius 1 is 0.121 bits per heavy atom. The molecule has 141 heavy (non-hydrogen) atoms. The van der Waals surface area contributed by atoms with Crippen molar-refractivity contribution in [2.24, 2.45) is 0 Å². The molecule has 0 spiro atoms. The van der Waals surface area contributed by atoms with Gasteiger partial charge in [0.2, 0.25) is 0 Å². The van der Waals surface area contributed by atoms with Gasteiger partial charge in [0.15, 0.2) is 0 Å². The molecule has 0 fully saturated rings. The van der Waals surface area contributed by atoms with Crippen molar-refractivity contribution in [3.63, 3.8) is 0 Å². The predicted octanol–water partition coefficient (Wildman–Crippen LogP) is 36.1. The van der Waals surface area contributed by atoms with Crippen molar-refractivity contribution in [3.05, 3.63) is 534 Å². The molecule has 28 aromatic rings. The lowest BCUT2D eigenvalue weighted by Crippen LogP contribution is -1.97. The van der Waals surface area contributed by atoms with E-state index < -0.39 is 0 Å². The average Bonchev–Trinajstić information content (AvgIpc) is 1.72. The molecule has 658 valence electrons. The first-order chi connectivity index (χ1) is 70.0. The highest BCUT2D eigenvalue weighted by Gasteiger charge is 2.26.